The number of hydrogen-bond donors (Lipinski definition) is 2. The lowest BCUT2D eigenvalue weighted by atomic mass is 9.90. The van der Waals surface area contributed by atoms with Crippen molar-refractivity contribution < 1.29 is 9.59 Å². The Morgan fingerprint density at radius 2 is 0.804 bits per heavy atom. The zero-order valence-corrected chi connectivity index (χ0v) is 27.9. The van der Waals surface area contributed by atoms with E-state index < -0.39 is 0 Å². The van der Waals surface area contributed by atoms with Crippen molar-refractivity contribution in [3.63, 3.8) is 0 Å². The Labute approximate surface area is 273 Å². The third-order valence-electron chi connectivity index (χ3n) is 7.79. The summed E-state index contributed by atoms with van der Waals surface area (Å²) in [7, 11) is 0. The topological polar surface area (TPSA) is 84.0 Å². The molecule has 0 radical (unpaired) electrons. The van der Waals surface area contributed by atoms with Crippen molar-refractivity contribution in [1.82, 2.24) is 9.97 Å². The minimum atomic E-state index is 0.237. The lowest BCUT2D eigenvalue weighted by Crippen LogP contribution is -2.06. The fourth-order valence-corrected chi connectivity index (χ4v) is 5.32. The van der Waals surface area contributed by atoms with Gasteiger partial charge in [-0.05, 0) is 94.5 Å². The Hall–Kier alpha value is -5.20. The van der Waals surface area contributed by atoms with Gasteiger partial charge in [0.25, 0.3) is 0 Å². The molecule has 0 aliphatic heterocycles. The molecule has 234 valence electrons. The summed E-state index contributed by atoms with van der Waals surface area (Å²) >= 11 is 0. The molecule has 0 atom stereocenters. The molecule has 0 saturated heterocycles. The number of benzene rings is 2. The van der Waals surface area contributed by atoms with Crippen LogP contribution >= 0.6 is 0 Å². The summed E-state index contributed by atoms with van der Waals surface area (Å²) in [5, 5.41) is 5.80. The third-order valence-corrected chi connectivity index (χ3v) is 7.79. The number of anilines is 2. The van der Waals surface area contributed by atoms with Gasteiger partial charge in [-0.1, -0.05) is 79.1 Å². The molecule has 4 rings (SSSR count). The summed E-state index contributed by atoms with van der Waals surface area (Å²) in [6.45, 7) is 16.9. The highest BCUT2D eigenvalue weighted by molar-refractivity contribution is 5.78. The standard InChI is InChI=1S/C40H42N4O2/c1-25(2)33-17-31(18-34(26(3)4)39(33)43-23-45)11-9-29-13-15-37(41-21-29)38-16-14-30(22-42-38)10-12-32-19-35(27(5)6)40(44-24-46)36(20-32)28(7)8/h13-28H,1-8H3,(H,43,45)(H,44,46). The highest BCUT2D eigenvalue weighted by Gasteiger charge is 2.16. The SMILES string of the molecule is CC(C)c1cc(C#Cc2ccc(-c3ccc(C#Cc4cc(C(C)C)c(NC=O)c(C(C)C)c4)cn3)nc2)cc(C(C)C)c1NC=O. The monoisotopic (exact) mass is 610 g/mol. The van der Waals surface area contributed by atoms with E-state index in [0.717, 1.165) is 80.1 Å². The summed E-state index contributed by atoms with van der Waals surface area (Å²) in [5.74, 6) is 14.0. The number of pyridine rings is 2. The van der Waals surface area contributed by atoms with E-state index in [9.17, 15) is 9.59 Å². The van der Waals surface area contributed by atoms with Gasteiger partial charge in [0.05, 0.1) is 11.4 Å². The minimum Gasteiger partial charge on any atom is -0.328 e. The molecule has 6 heteroatoms. The Kier molecular flexibility index (Phi) is 11.1. The summed E-state index contributed by atoms with van der Waals surface area (Å²) < 4.78 is 0. The first-order chi connectivity index (χ1) is 22.0. The molecule has 4 aromatic rings. The normalized spacial score (nSPS) is 10.8. The van der Waals surface area contributed by atoms with Crippen molar-refractivity contribution >= 4 is 24.2 Å². The van der Waals surface area contributed by atoms with Crippen molar-refractivity contribution in [3.05, 3.63) is 105 Å². The lowest BCUT2D eigenvalue weighted by molar-refractivity contribution is -0.106. The molecule has 0 spiro atoms. The van der Waals surface area contributed by atoms with Crippen molar-refractivity contribution in [1.29, 1.82) is 0 Å². The maximum absolute atomic E-state index is 11.3. The van der Waals surface area contributed by atoms with Gasteiger partial charge < -0.3 is 10.6 Å². The molecule has 2 amide bonds. The average Bonchev–Trinajstić information content (AvgIpc) is 3.03. The predicted octanol–water partition coefficient (Wildman–Crippen LogP) is 8.57. The molecule has 0 aliphatic carbocycles. The zero-order chi connectivity index (χ0) is 33.4. The number of rotatable bonds is 9. The van der Waals surface area contributed by atoms with E-state index in [4.69, 9.17) is 0 Å². The second-order valence-corrected chi connectivity index (χ2v) is 12.6. The van der Waals surface area contributed by atoms with Gasteiger partial charge in [-0.25, -0.2) is 0 Å². The molecule has 2 aromatic heterocycles. The van der Waals surface area contributed by atoms with E-state index in [0.29, 0.717) is 0 Å². The first kappa shape index (κ1) is 33.7. The van der Waals surface area contributed by atoms with Crippen LogP contribution in [0.2, 0.25) is 0 Å². The first-order valence-corrected chi connectivity index (χ1v) is 15.7. The molecule has 2 aromatic carbocycles. The van der Waals surface area contributed by atoms with Gasteiger partial charge in [0.1, 0.15) is 0 Å². The van der Waals surface area contributed by atoms with Crippen molar-refractivity contribution in [2.75, 3.05) is 10.6 Å². The fourth-order valence-electron chi connectivity index (χ4n) is 5.32. The number of nitrogens with one attached hydrogen (secondary N) is 2. The zero-order valence-electron chi connectivity index (χ0n) is 27.9. The van der Waals surface area contributed by atoms with E-state index in [1.807, 2.05) is 24.3 Å². The predicted molar refractivity (Wildman–Crippen MR) is 188 cm³/mol. The van der Waals surface area contributed by atoms with Crippen LogP contribution in [0.3, 0.4) is 0 Å². The number of amides is 2. The van der Waals surface area contributed by atoms with Crippen molar-refractivity contribution in [3.8, 4) is 35.1 Å². The van der Waals surface area contributed by atoms with E-state index in [1.165, 1.54) is 0 Å². The molecule has 0 bridgehead atoms. The number of aromatic nitrogens is 2. The van der Waals surface area contributed by atoms with Crippen LogP contribution in [0.15, 0.2) is 60.9 Å². The Bertz CT molecular complexity index is 1630. The van der Waals surface area contributed by atoms with E-state index >= 15 is 0 Å². The third kappa shape index (κ3) is 8.09. The van der Waals surface area contributed by atoms with Crippen LogP contribution in [0, 0.1) is 23.7 Å². The van der Waals surface area contributed by atoms with Crippen LogP contribution < -0.4 is 10.6 Å². The molecular formula is C40H42N4O2. The van der Waals surface area contributed by atoms with Crippen LogP contribution in [0.5, 0.6) is 0 Å². The Balaban J connectivity index is 1.55. The first-order valence-electron chi connectivity index (χ1n) is 15.7. The fraction of sp³-hybridized carbons (Fsp3) is 0.300. The van der Waals surface area contributed by atoms with Crippen LogP contribution in [0.1, 0.15) is 124 Å². The highest BCUT2D eigenvalue weighted by atomic mass is 16.1. The van der Waals surface area contributed by atoms with Crippen molar-refractivity contribution in [2.24, 2.45) is 0 Å². The maximum Gasteiger partial charge on any atom is 0.211 e. The number of carbonyl (C=O) groups is 2. The molecule has 0 fully saturated rings. The average molecular weight is 611 g/mol. The summed E-state index contributed by atoms with van der Waals surface area (Å²) in [5.41, 5.74) is 10.9. The van der Waals surface area contributed by atoms with Gasteiger partial charge in [0.15, 0.2) is 0 Å². The van der Waals surface area contributed by atoms with E-state index in [-0.39, 0.29) is 23.7 Å². The van der Waals surface area contributed by atoms with E-state index in [1.54, 1.807) is 12.4 Å². The molecule has 2 N–H and O–H groups in total. The van der Waals surface area contributed by atoms with Gasteiger partial charge in [0, 0.05) is 46.0 Å². The molecule has 6 nitrogen and oxygen atoms in total. The number of nitrogens with zero attached hydrogens (tertiary/aromatic N) is 2. The molecule has 0 aliphatic rings. The van der Waals surface area contributed by atoms with Gasteiger partial charge in [-0.3, -0.25) is 19.6 Å². The van der Waals surface area contributed by atoms with Gasteiger partial charge in [-0.15, -0.1) is 0 Å². The smallest absolute Gasteiger partial charge is 0.211 e. The lowest BCUT2D eigenvalue weighted by Gasteiger charge is -2.19. The van der Waals surface area contributed by atoms with Gasteiger partial charge in [-0.2, -0.15) is 0 Å². The summed E-state index contributed by atoms with van der Waals surface area (Å²) in [6.07, 6.45) is 4.99. The van der Waals surface area contributed by atoms with Crippen LogP contribution in [0.4, 0.5) is 11.4 Å². The van der Waals surface area contributed by atoms with Crippen molar-refractivity contribution in [2.45, 2.75) is 79.1 Å². The van der Waals surface area contributed by atoms with Crippen LogP contribution in [-0.4, -0.2) is 22.8 Å². The summed E-state index contributed by atoms with van der Waals surface area (Å²) in [6, 6.07) is 15.9. The molecular weight excluding hydrogens is 568 g/mol. The number of carbonyl (C=O) groups excluding carboxylic acids is 2. The molecule has 0 unspecified atom stereocenters. The second kappa shape index (κ2) is 15.2. The van der Waals surface area contributed by atoms with E-state index in [2.05, 4.69) is 124 Å². The molecule has 0 saturated carbocycles. The highest BCUT2D eigenvalue weighted by Crippen LogP contribution is 2.35. The summed E-state index contributed by atoms with van der Waals surface area (Å²) in [4.78, 5) is 31.8. The Morgan fingerprint density at radius 3 is 1.04 bits per heavy atom. The van der Waals surface area contributed by atoms with Crippen LogP contribution in [0.25, 0.3) is 11.4 Å². The van der Waals surface area contributed by atoms with Gasteiger partial charge in [0.2, 0.25) is 12.8 Å². The molecule has 46 heavy (non-hydrogen) atoms. The Morgan fingerprint density at radius 1 is 0.500 bits per heavy atom. The second-order valence-electron chi connectivity index (χ2n) is 12.6. The van der Waals surface area contributed by atoms with Gasteiger partial charge >= 0.3 is 0 Å². The molecule has 2 heterocycles. The largest absolute Gasteiger partial charge is 0.328 e. The maximum atomic E-state index is 11.3. The minimum absolute atomic E-state index is 0.237. The quantitative estimate of drug-likeness (QED) is 0.147. The van der Waals surface area contributed by atoms with Crippen LogP contribution in [-0.2, 0) is 9.59 Å². The number of hydrogen-bond acceptors (Lipinski definition) is 4.